The highest BCUT2D eigenvalue weighted by Gasteiger charge is 2.42. The smallest absolute Gasteiger partial charge is 0.185 e. The van der Waals surface area contributed by atoms with Crippen LogP contribution in [-0.2, 0) is 9.47 Å². The molecule has 1 aliphatic rings. The van der Waals surface area contributed by atoms with E-state index in [0.29, 0.717) is 0 Å². The van der Waals surface area contributed by atoms with Crippen LogP contribution in [0.25, 0.3) is 0 Å². The lowest BCUT2D eigenvalue weighted by molar-refractivity contribution is -0.276. The normalized spacial score (nSPS) is 41.8. The molecular formula is C8H16FNO5. The van der Waals surface area contributed by atoms with Crippen molar-refractivity contribution in [2.75, 3.05) is 19.9 Å². The van der Waals surface area contributed by atoms with Gasteiger partial charge in [-0.05, 0) is 0 Å². The predicted molar refractivity (Wildman–Crippen MR) is 47.7 cm³/mol. The number of aliphatic hydroxyl groups excluding tert-OH is 3. The predicted octanol–water partition coefficient (Wildman–Crippen LogP) is -2.26. The third kappa shape index (κ3) is 2.83. The SMILES string of the molecule is NC1C(O)[C@@H](CO)OC(OCCF)[C@@H]1O. The van der Waals surface area contributed by atoms with E-state index >= 15 is 0 Å². The van der Waals surface area contributed by atoms with Gasteiger partial charge in [0.15, 0.2) is 6.29 Å². The number of ether oxygens (including phenoxy) is 2. The molecule has 1 rings (SSSR count). The van der Waals surface area contributed by atoms with Crippen LogP contribution >= 0.6 is 0 Å². The number of rotatable bonds is 4. The number of hydrogen-bond acceptors (Lipinski definition) is 6. The fraction of sp³-hybridized carbons (Fsp3) is 1.00. The Hall–Kier alpha value is -0.310. The fourth-order valence-corrected chi connectivity index (χ4v) is 1.41. The maximum Gasteiger partial charge on any atom is 0.185 e. The lowest BCUT2D eigenvalue weighted by Gasteiger charge is -2.40. The van der Waals surface area contributed by atoms with Gasteiger partial charge >= 0.3 is 0 Å². The Morgan fingerprint density at radius 1 is 1.33 bits per heavy atom. The number of aliphatic hydroxyl groups is 3. The Labute approximate surface area is 86.4 Å². The van der Waals surface area contributed by atoms with Crippen molar-refractivity contribution in [1.82, 2.24) is 0 Å². The number of alkyl halides is 1. The van der Waals surface area contributed by atoms with Crippen LogP contribution in [0.1, 0.15) is 0 Å². The topological polar surface area (TPSA) is 105 Å². The molecule has 90 valence electrons. The summed E-state index contributed by atoms with van der Waals surface area (Å²) in [5.74, 6) is 0. The molecule has 0 bridgehead atoms. The summed E-state index contributed by atoms with van der Waals surface area (Å²) in [5, 5.41) is 27.8. The molecular weight excluding hydrogens is 209 g/mol. The first-order valence-electron chi connectivity index (χ1n) is 4.67. The van der Waals surface area contributed by atoms with Gasteiger partial charge in [-0.1, -0.05) is 0 Å². The van der Waals surface area contributed by atoms with Crippen LogP contribution in [0.2, 0.25) is 0 Å². The minimum absolute atomic E-state index is 0.233. The van der Waals surface area contributed by atoms with E-state index in [1.807, 2.05) is 0 Å². The van der Waals surface area contributed by atoms with Crippen LogP contribution in [0.3, 0.4) is 0 Å². The van der Waals surface area contributed by atoms with Crippen molar-refractivity contribution in [3.8, 4) is 0 Å². The largest absolute Gasteiger partial charge is 0.394 e. The molecule has 0 radical (unpaired) electrons. The number of nitrogens with two attached hydrogens (primary N) is 1. The Morgan fingerprint density at radius 3 is 2.53 bits per heavy atom. The summed E-state index contributed by atoms with van der Waals surface area (Å²) in [6.45, 7) is -1.39. The van der Waals surface area contributed by atoms with E-state index in [1.54, 1.807) is 0 Å². The lowest BCUT2D eigenvalue weighted by Crippen LogP contribution is -2.62. The highest BCUT2D eigenvalue weighted by Crippen LogP contribution is 2.20. The molecule has 1 saturated heterocycles. The third-order valence-corrected chi connectivity index (χ3v) is 2.30. The van der Waals surface area contributed by atoms with Gasteiger partial charge in [-0.15, -0.1) is 0 Å². The molecule has 1 fully saturated rings. The number of hydrogen-bond donors (Lipinski definition) is 4. The second-order valence-electron chi connectivity index (χ2n) is 3.34. The van der Waals surface area contributed by atoms with E-state index < -0.39 is 43.9 Å². The highest BCUT2D eigenvalue weighted by molar-refractivity contribution is 4.91. The maximum absolute atomic E-state index is 11.8. The second kappa shape index (κ2) is 5.69. The van der Waals surface area contributed by atoms with E-state index in [-0.39, 0.29) is 6.61 Å². The van der Waals surface area contributed by atoms with Crippen molar-refractivity contribution in [2.45, 2.75) is 30.6 Å². The van der Waals surface area contributed by atoms with E-state index in [2.05, 4.69) is 0 Å². The van der Waals surface area contributed by atoms with Crippen LogP contribution in [-0.4, -0.2) is 65.9 Å². The average Bonchev–Trinajstić information content (AvgIpc) is 2.25. The monoisotopic (exact) mass is 225 g/mol. The van der Waals surface area contributed by atoms with Crippen LogP contribution < -0.4 is 5.73 Å². The zero-order chi connectivity index (χ0) is 11.4. The molecule has 6 nitrogen and oxygen atoms in total. The third-order valence-electron chi connectivity index (χ3n) is 2.30. The molecule has 5 atom stereocenters. The lowest BCUT2D eigenvalue weighted by atomic mass is 9.97. The van der Waals surface area contributed by atoms with Gasteiger partial charge in [-0.25, -0.2) is 4.39 Å². The molecule has 1 aliphatic heterocycles. The van der Waals surface area contributed by atoms with Gasteiger partial charge in [0, 0.05) is 0 Å². The molecule has 0 spiro atoms. The average molecular weight is 225 g/mol. The molecule has 0 aromatic carbocycles. The summed E-state index contributed by atoms with van der Waals surface area (Å²) in [7, 11) is 0. The van der Waals surface area contributed by atoms with Crippen molar-refractivity contribution >= 4 is 0 Å². The van der Waals surface area contributed by atoms with Crippen molar-refractivity contribution in [2.24, 2.45) is 5.73 Å². The number of halogens is 1. The molecule has 0 aliphatic carbocycles. The summed E-state index contributed by atoms with van der Waals surface area (Å²) in [6, 6.07) is -0.986. The summed E-state index contributed by atoms with van der Waals surface area (Å²) in [4.78, 5) is 0. The highest BCUT2D eigenvalue weighted by atomic mass is 19.1. The molecule has 5 N–H and O–H groups in total. The molecule has 0 aromatic rings. The summed E-state index contributed by atoms with van der Waals surface area (Å²) in [6.07, 6.45) is -4.45. The Bertz CT molecular complexity index is 194. The Balaban J connectivity index is 2.57. The first kappa shape index (κ1) is 12.8. The van der Waals surface area contributed by atoms with Crippen LogP contribution in [0.15, 0.2) is 0 Å². The minimum atomic E-state index is -1.24. The van der Waals surface area contributed by atoms with Crippen molar-refractivity contribution < 1.29 is 29.2 Å². The zero-order valence-electron chi connectivity index (χ0n) is 8.12. The summed E-state index contributed by atoms with van der Waals surface area (Å²) < 4.78 is 21.7. The fourth-order valence-electron chi connectivity index (χ4n) is 1.41. The van der Waals surface area contributed by atoms with Gasteiger partial charge in [0.25, 0.3) is 0 Å². The van der Waals surface area contributed by atoms with Gasteiger partial charge in [0.2, 0.25) is 0 Å². The Kier molecular flexibility index (Phi) is 4.84. The van der Waals surface area contributed by atoms with Gasteiger partial charge in [0.1, 0.15) is 25.0 Å². The van der Waals surface area contributed by atoms with Crippen LogP contribution in [0.5, 0.6) is 0 Å². The van der Waals surface area contributed by atoms with E-state index in [4.69, 9.17) is 20.3 Å². The summed E-state index contributed by atoms with van der Waals surface area (Å²) >= 11 is 0. The van der Waals surface area contributed by atoms with Crippen molar-refractivity contribution in [3.05, 3.63) is 0 Å². The first-order chi connectivity index (χ1) is 7.11. The van der Waals surface area contributed by atoms with E-state index in [1.165, 1.54) is 0 Å². The molecule has 0 aromatic heterocycles. The summed E-state index contributed by atoms with van der Waals surface area (Å²) in [5.41, 5.74) is 5.49. The first-order valence-corrected chi connectivity index (χ1v) is 4.67. The molecule has 0 saturated carbocycles. The van der Waals surface area contributed by atoms with E-state index in [0.717, 1.165) is 0 Å². The molecule has 0 amide bonds. The molecule has 7 heteroatoms. The molecule has 3 unspecified atom stereocenters. The van der Waals surface area contributed by atoms with Gasteiger partial charge in [-0.2, -0.15) is 0 Å². The quantitative estimate of drug-likeness (QED) is 0.430. The van der Waals surface area contributed by atoms with Crippen molar-refractivity contribution in [1.29, 1.82) is 0 Å². The van der Waals surface area contributed by atoms with Gasteiger partial charge in [-0.3, -0.25) is 0 Å². The van der Waals surface area contributed by atoms with Gasteiger partial charge in [0.05, 0.1) is 19.3 Å². The Morgan fingerprint density at radius 2 is 2.00 bits per heavy atom. The van der Waals surface area contributed by atoms with Gasteiger partial charge < -0.3 is 30.5 Å². The minimum Gasteiger partial charge on any atom is -0.394 e. The maximum atomic E-state index is 11.8. The molecule has 15 heavy (non-hydrogen) atoms. The zero-order valence-corrected chi connectivity index (χ0v) is 8.12. The van der Waals surface area contributed by atoms with E-state index in [9.17, 15) is 14.6 Å². The van der Waals surface area contributed by atoms with Crippen LogP contribution in [0, 0.1) is 0 Å². The van der Waals surface area contributed by atoms with Crippen molar-refractivity contribution in [3.63, 3.8) is 0 Å². The van der Waals surface area contributed by atoms with Crippen LogP contribution in [0.4, 0.5) is 4.39 Å². The second-order valence-corrected chi connectivity index (χ2v) is 3.34. The standard InChI is InChI=1S/C8H16FNO5/c9-1-2-14-8-7(13)5(10)6(12)4(3-11)15-8/h4-8,11-13H,1-3,10H2/t4-,5?,6?,7-,8?/m1/s1. The molecule has 1 heterocycles.